The van der Waals surface area contributed by atoms with Crippen LogP contribution in [0.1, 0.15) is 48.8 Å². The summed E-state index contributed by atoms with van der Waals surface area (Å²) in [4.78, 5) is 2.41. The average Bonchev–Trinajstić information content (AvgIpc) is 3.44. The Kier molecular flexibility index (Phi) is 6.99. The first kappa shape index (κ1) is 27.5. The summed E-state index contributed by atoms with van der Waals surface area (Å²) < 4.78 is 2.38. The Balaban J connectivity index is 1.27. The monoisotopic (exact) mass is 582 g/mol. The van der Waals surface area contributed by atoms with Crippen molar-refractivity contribution < 1.29 is 0 Å². The van der Waals surface area contributed by atoms with Gasteiger partial charge in [0, 0.05) is 38.9 Å². The number of benzene rings is 6. The lowest BCUT2D eigenvalue weighted by molar-refractivity contribution is 0.346. The predicted molar refractivity (Wildman–Crippen MR) is 191 cm³/mol. The van der Waals surface area contributed by atoms with Gasteiger partial charge in [0.2, 0.25) is 0 Å². The zero-order valence-corrected chi connectivity index (χ0v) is 25.9. The first-order valence-corrected chi connectivity index (χ1v) is 16.3. The molecule has 0 spiro atoms. The zero-order chi connectivity index (χ0) is 30.2. The molecule has 220 valence electrons. The Morgan fingerprint density at radius 3 is 1.76 bits per heavy atom. The second-order valence-corrected chi connectivity index (χ2v) is 12.6. The van der Waals surface area contributed by atoms with E-state index in [0.29, 0.717) is 0 Å². The van der Waals surface area contributed by atoms with Crippen molar-refractivity contribution in [2.45, 2.75) is 44.4 Å². The molecule has 0 radical (unpaired) electrons. The molecule has 1 saturated carbocycles. The van der Waals surface area contributed by atoms with E-state index in [2.05, 4.69) is 168 Å². The van der Waals surface area contributed by atoms with E-state index in [4.69, 9.17) is 0 Å². The maximum atomic E-state index is 2.41. The van der Waals surface area contributed by atoms with E-state index < -0.39 is 0 Å². The van der Waals surface area contributed by atoms with Gasteiger partial charge in [0.15, 0.2) is 0 Å². The van der Waals surface area contributed by atoms with Crippen LogP contribution < -0.4 is 4.90 Å². The fraction of sp³-hybridized carbons (Fsp3) is 0.163. The number of aromatic nitrogens is 1. The second kappa shape index (κ2) is 11.4. The molecular formula is C43H38N2. The first-order chi connectivity index (χ1) is 22.2. The third-order valence-electron chi connectivity index (χ3n) is 9.93. The minimum absolute atomic E-state index is 0.0882. The van der Waals surface area contributed by atoms with Crippen LogP contribution in [0.4, 0.5) is 17.1 Å². The van der Waals surface area contributed by atoms with Crippen LogP contribution in [0, 0.1) is 6.92 Å². The molecule has 0 aliphatic heterocycles. The van der Waals surface area contributed by atoms with Gasteiger partial charge in [0.1, 0.15) is 0 Å². The maximum Gasteiger partial charge on any atom is 0.0542 e. The standard InChI is InChI=1S/C43H38N2/c1-32-19-23-36(24-20-32)44(37-25-21-34(22-26-37)43(29-11-4-12-30-43)33-13-5-2-6-14-33)38-27-28-42-40(31-38)39-17-9-10-18-41(39)45(42)35-15-7-3-8-16-35/h2-3,5-10,13-28,31H,4,11-12,29-30H2,1H3. The van der Waals surface area contributed by atoms with Gasteiger partial charge in [-0.1, -0.05) is 116 Å². The molecule has 0 atom stereocenters. The van der Waals surface area contributed by atoms with E-state index in [1.807, 2.05) is 0 Å². The SMILES string of the molecule is Cc1ccc(N(c2ccc(C3(c4ccccc4)CCCCC3)cc2)c2ccc3c(c2)c2ccccc2n3-c2ccccc2)cc1. The van der Waals surface area contributed by atoms with Gasteiger partial charge in [0.25, 0.3) is 0 Å². The molecule has 1 aliphatic carbocycles. The highest BCUT2D eigenvalue weighted by Crippen LogP contribution is 2.46. The van der Waals surface area contributed by atoms with E-state index in [0.717, 1.165) is 11.4 Å². The summed E-state index contributed by atoms with van der Waals surface area (Å²) >= 11 is 0. The van der Waals surface area contributed by atoms with Gasteiger partial charge in [-0.15, -0.1) is 0 Å². The molecule has 0 N–H and O–H groups in total. The van der Waals surface area contributed by atoms with Gasteiger partial charge in [-0.25, -0.2) is 0 Å². The van der Waals surface area contributed by atoms with Crippen molar-refractivity contribution in [2.24, 2.45) is 0 Å². The molecule has 2 nitrogen and oxygen atoms in total. The van der Waals surface area contributed by atoms with Crippen LogP contribution in [0.3, 0.4) is 0 Å². The summed E-state index contributed by atoms with van der Waals surface area (Å²) in [5, 5.41) is 2.52. The highest BCUT2D eigenvalue weighted by molar-refractivity contribution is 6.10. The van der Waals surface area contributed by atoms with E-state index in [-0.39, 0.29) is 5.41 Å². The van der Waals surface area contributed by atoms with Gasteiger partial charge in [-0.2, -0.15) is 0 Å². The molecule has 45 heavy (non-hydrogen) atoms. The third-order valence-corrected chi connectivity index (χ3v) is 9.93. The van der Waals surface area contributed by atoms with E-state index in [1.165, 1.54) is 82.0 Å². The van der Waals surface area contributed by atoms with Gasteiger partial charge < -0.3 is 9.47 Å². The third kappa shape index (κ3) is 4.82. The minimum atomic E-state index is 0.0882. The van der Waals surface area contributed by atoms with Crippen LogP contribution in [0.15, 0.2) is 152 Å². The van der Waals surface area contributed by atoms with E-state index in [1.54, 1.807) is 0 Å². The molecular weight excluding hydrogens is 544 g/mol. The lowest BCUT2D eigenvalue weighted by atomic mass is 9.65. The molecule has 0 bridgehead atoms. The predicted octanol–water partition coefficient (Wildman–Crippen LogP) is 11.8. The van der Waals surface area contributed by atoms with Gasteiger partial charge >= 0.3 is 0 Å². The number of para-hydroxylation sites is 2. The van der Waals surface area contributed by atoms with Crippen LogP contribution >= 0.6 is 0 Å². The van der Waals surface area contributed by atoms with Gasteiger partial charge in [-0.05, 0) is 91.6 Å². The summed E-state index contributed by atoms with van der Waals surface area (Å²) in [6, 6.07) is 56.0. The number of hydrogen-bond donors (Lipinski definition) is 0. The molecule has 1 heterocycles. The largest absolute Gasteiger partial charge is 0.310 e. The highest BCUT2D eigenvalue weighted by Gasteiger charge is 2.35. The lowest BCUT2D eigenvalue weighted by Gasteiger charge is -2.39. The summed E-state index contributed by atoms with van der Waals surface area (Å²) in [5.41, 5.74) is 11.3. The molecule has 0 amide bonds. The first-order valence-electron chi connectivity index (χ1n) is 16.3. The topological polar surface area (TPSA) is 8.17 Å². The Morgan fingerprint density at radius 1 is 0.489 bits per heavy atom. The van der Waals surface area contributed by atoms with Crippen LogP contribution in [0.25, 0.3) is 27.5 Å². The molecule has 1 aromatic heterocycles. The van der Waals surface area contributed by atoms with Crippen molar-refractivity contribution in [1.29, 1.82) is 0 Å². The average molecular weight is 583 g/mol. The molecule has 1 fully saturated rings. The Morgan fingerprint density at radius 2 is 1.04 bits per heavy atom. The fourth-order valence-corrected chi connectivity index (χ4v) is 7.68. The number of nitrogens with zero attached hydrogens (tertiary/aromatic N) is 2. The van der Waals surface area contributed by atoms with E-state index >= 15 is 0 Å². The molecule has 8 rings (SSSR count). The Bertz CT molecular complexity index is 2060. The quantitative estimate of drug-likeness (QED) is 0.189. The molecule has 7 aromatic rings. The summed E-state index contributed by atoms with van der Waals surface area (Å²) in [6.07, 6.45) is 6.31. The molecule has 0 unspecified atom stereocenters. The number of hydrogen-bond acceptors (Lipinski definition) is 1. The van der Waals surface area contributed by atoms with Gasteiger partial charge in [0.05, 0.1) is 11.0 Å². The normalized spacial score (nSPS) is 14.5. The van der Waals surface area contributed by atoms with Crippen molar-refractivity contribution in [3.8, 4) is 5.69 Å². The Labute approximate surface area is 266 Å². The van der Waals surface area contributed by atoms with Crippen molar-refractivity contribution in [2.75, 3.05) is 4.90 Å². The highest BCUT2D eigenvalue weighted by atomic mass is 15.1. The van der Waals surface area contributed by atoms with Crippen LogP contribution in [0.2, 0.25) is 0 Å². The lowest BCUT2D eigenvalue weighted by Crippen LogP contribution is -2.30. The van der Waals surface area contributed by atoms with Crippen molar-refractivity contribution in [3.05, 3.63) is 168 Å². The van der Waals surface area contributed by atoms with E-state index in [9.17, 15) is 0 Å². The van der Waals surface area contributed by atoms with Crippen LogP contribution in [-0.4, -0.2) is 4.57 Å². The Hall–Kier alpha value is -5.08. The number of aryl methyl sites for hydroxylation is 1. The smallest absolute Gasteiger partial charge is 0.0542 e. The van der Waals surface area contributed by atoms with Crippen LogP contribution in [0.5, 0.6) is 0 Å². The van der Waals surface area contributed by atoms with Crippen LogP contribution in [-0.2, 0) is 5.41 Å². The van der Waals surface area contributed by atoms with Gasteiger partial charge in [-0.3, -0.25) is 0 Å². The number of fused-ring (bicyclic) bond motifs is 3. The minimum Gasteiger partial charge on any atom is -0.310 e. The van der Waals surface area contributed by atoms with Crippen molar-refractivity contribution in [3.63, 3.8) is 0 Å². The molecule has 0 saturated heterocycles. The summed E-state index contributed by atoms with van der Waals surface area (Å²) in [5.74, 6) is 0. The number of rotatable bonds is 6. The molecule has 6 aromatic carbocycles. The molecule has 2 heteroatoms. The number of anilines is 3. The molecule has 1 aliphatic rings. The summed E-state index contributed by atoms with van der Waals surface area (Å²) in [7, 11) is 0. The maximum absolute atomic E-state index is 2.41. The summed E-state index contributed by atoms with van der Waals surface area (Å²) in [6.45, 7) is 2.15. The second-order valence-electron chi connectivity index (χ2n) is 12.6. The van der Waals surface area contributed by atoms with Crippen molar-refractivity contribution >= 4 is 38.9 Å². The fourth-order valence-electron chi connectivity index (χ4n) is 7.68. The van der Waals surface area contributed by atoms with Crippen molar-refractivity contribution in [1.82, 2.24) is 4.57 Å². The zero-order valence-electron chi connectivity index (χ0n) is 25.9.